The number of ether oxygens (including phenoxy) is 1. The molecule has 0 saturated heterocycles. The van der Waals surface area contributed by atoms with Crippen LogP contribution in [0.15, 0.2) is 47.1 Å². The number of aryl methyl sites for hydroxylation is 1. The lowest BCUT2D eigenvalue weighted by molar-refractivity contribution is -0.142. The van der Waals surface area contributed by atoms with Gasteiger partial charge in [0.2, 0.25) is 0 Å². The van der Waals surface area contributed by atoms with Gasteiger partial charge in [-0.25, -0.2) is 9.78 Å². The predicted molar refractivity (Wildman–Crippen MR) is 97.8 cm³/mol. The minimum Gasteiger partial charge on any atom is -0.486 e. The Morgan fingerprint density at radius 2 is 2.14 bits per heavy atom. The van der Waals surface area contributed by atoms with Crippen LogP contribution in [0.5, 0.6) is 5.75 Å². The first kappa shape index (κ1) is 17.8. The summed E-state index contributed by atoms with van der Waals surface area (Å²) in [5, 5.41) is 9.57. The molecule has 0 fully saturated rings. The Morgan fingerprint density at radius 1 is 1.36 bits per heavy atom. The van der Waals surface area contributed by atoms with Crippen LogP contribution >= 0.6 is 0 Å². The van der Waals surface area contributed by atoms with Crippen LogP contribution in [0.25, 0.3) is 0 Å². The molecule has 0 bridgehead atoms. The van der Waals surface area contributed by atoms with Crippen molar-refractivity contribution in [3.8, 4) is 5.75 Å². The van der Waals surface area contributed by atoms with E-state index in [9.17, 15) is 14.7 Å². The van der Waals surface area contributed by atoms with Gasteiger partial charge in [0.05, 0.1) is 24.3 Å². The molecule has 1 aliphatic rings. The van der Waals surface area contributed by atoms with Crippen LogP contribution in [0.3, 0.4) is 0 Å². The number of nitrogens with one attached hydrogen (secondary N) is 1. The highest BCUT2D eigenvalue weighted by Crippen LogP contribution is 2.25. The minimum atomic E-state index is -1.07. The fourth-order valence-electron chi connectivity index (χ4n) is 3.30. The smallest absolute Gasteiger partial charge is 0.326 e. The molecule has 8 nitrogen and oxygen atoms in total. The first-order valence-electron chi connectivity index (χ1n) is 8.85. The number of hydrogen-bond donors (Lipinski definition) is 2. The standard InChI is InChI=1S/C20H19N3O5/c1-12-7-14(10-27-13-5-3-2-4-6-13)28-18(12)19(24)23-9-16-15(21-11-22-16)8-17(23)20(25)26/h2-7,11,17H,8-10H2,1H3,(H,21,22)(H,25,26)/t17-/m1/s1. The van der Waals surface area contributed by atoms with Crippen molar-refractivity contribution in [2.24, 2.45) is 0 Å². The molecule has 2 N–H and O–H groups in total. The van der Waals surface area contributed by atoms with Crippen molar-refractivity contribution < 1.29 is 23.8 Å². The number of fused-ring (bicyclic) bond motifs is 1. The van der Waals surface area contributed by atoms with Gasteiger partial charge >= 0.3 is 5.97 Å². The van der Waals surface area contributed by atoms with E-state index in [4.69, 9.17) is 9.15 Å². The number of aromatic nitrogens is 2. The molecule has 3 aromatic rings. The predicted octanol–water partition coefficient (Wildman–Crippen LogP) is 2.54. The average molecular weight is 381 g/mol. The highest BCUT2D eigenvalue weighted by atomic mass is 16.5. The summed E-state index contributed by atoms with van der Waals surface area (Å²) in [5.41, 5.74) is 2.04. The van der Waals surface area contributed by atoms with Gasteiger partial charge in [-0.2, -0.15) is 0 Å². The SMILES string of the molecule is Cc1cc(COc2ccccc2)oc1C(=O)N1Cc2[nH]cnc2C[C@@H]1C(=O)O. The number of aromatic amines is 1. The molecule has 0 unspecified atom stereocenters. The highest BCUT2D eigenvalue weighted by Gasteiger charge is 2.38. The van der Waals surface area contributed by atoms with E-state index in [1.165, 1.54) is 11.2 Å². The number of furan rings is 1. The third-order valence-corrected chi connectivity index (χ3v) is 4.73. The Labute approximate surface area is 160 Å². The molecule has 3 heterocycles. The summed E-state index contributed by atoms with van der Waals surface area (Å²) in [6.07, 6.45) is 1.67. The number of amides is 1. The monoisotopic (exact) mass is 381 g/mol. The molecule has 0 saturated carbocycles. The Hall–Kier alpha value is -3.55. The lowest BCUT2D eigenvalue weighted by Crippen LogP contribution is -2.48. The number of para-hydroxylation sites is 1. The van der Waals surface area contributed by atoms with Crippen LogP contribution in [0, 0.1) is 6.92 Å². The number of imidazole rings is 1. The molecule has 0 spiro atoms. The number of carboxylic acid groups (broad SMARTS) is 1. The van der Waals surface area contributed by atoms with Gasteiger partial charge < -0.3 is 24.1 Å². The molecule has 1 aliphatic heterocycles. The molecular formula is C20H19N3O5. The van der Waals surface area contributed by atoms with E-state index in [1.54, 1.807) is 13.0 Å². The van der Waals surface area contributed by atoms with Crippen LogP contribution in [0.4, 0.5) is 0 Å². The van der Waals surface area contributed by atoms with Gasteiger partial charge in [0.15, 0.2) is 5.76 Å². The van der Waals surface area contributed by atoms with Crippen molar-refractivity contribution in [2.45, 2.75) is 32.5 Å². The zero-order valence-electron chi connectivity index (χ0n) is 15.2. The molecule has 28 heavy (non-hydrogen) atoms. The molecule has 1 atom stereocenters. The second-order valence-corrected chi connectivity index (χ2v) is 6.65. The molecule has 1 aromatic carbocycles. The van der Waals surface area contributed by atoms with Crippen molar-refractivity contribution in [3.63, 3.8) is 0 Å². The maximum absolute atomic E-state index is 13.0. The van der Waals surface area contributed by atoms with Crippen LogP contribution in [0.2, 0.25) is 0 Å². The lowest BCUT2D eigenvalue weighted by Gasteiger charge is -2.31. The van der Waals surface area contributed by atoms with E-state index in [0.717, 1.165) is 5.69 Å². The van der Waals surface area contributed by atoms with Crippen molar-refractivity contribution >= 4 is 11.9 Å². The first-order chi connectivity index (χ1) is 13.5. The maximum Gasteiger partial charge on any atom is 0.326 e. The molecule has 144 valence electrons. The van der Waals surface area contributed by atoms with Gasteiger partial charge in [0, 0.05) is 12.0 Å². The van der Waals surface area contributed by atoms with E-state index < -0.39 is 17.9 Å². The third-order valence-electron chi connectivity index (χ3n) is 4.73. The van der Waals surface area contributed by atoms with E-state index in [1.807, 2.05) is 30.3 Å². The quantitative estimate of drug-likeness (QED) is 0.703. The van der Waals surface area contributed by atoms with Crippen LogP contribution in [0.1, 0.15) is 33.3 Å². The molecule has 2 aromatic heterocycles. The highest BCUT2D eigenvalue weighted by molar-refractivity contribution is 5.95. The number of hydrogen-bond acceptors (Lipinski definition) is 5. The van der Waals surface area contributed by atoms with Crippen molar-refractivity contribution in [2.75, 3.05) is 0 Å². The lowest BCUT2D eigenvalue weighted by atomic mass is 10.0. The summed E-state index contributed by atoms with van der Waals surface area (Å²) in [6.45, 7) is 2.07. The summed E-state index contributed by atoms with van der Waals surface area (Å²) in [4.78, 5) is 33.1. The van der Waals surface area contributed by atoms with E-state index >= 15 is 0 Å². The second-order valence-electron chi connectivity index (χ2n) is 6.65. The second kappa shape index (κ2) is 7.22. The van der Waals surface area contributed by atoms with Crippen molar-refractivity contribution in [1.29, 1.82) is 0 Å². The van der Waals surface area contributed by atoms with Crippen LogP contribution in [-0.2, 0) is 24.4 Å². The van der Waals surface area contributed by atoms with Gasteiger partial charge in [-0.1, -0.05) is 18.2 Å². The Kier molecular flexibility index (Phi) is 4.60. The van der Waals surface area contributed by atoms with Gasteiger partial charge in [-0.3, -0.25) is 4.79 Å². The Morgan fingerprint density at radius 3 is 2.89 bits per heavy atom. The number of carboxylic acids is 1. The number of benzene rings is 1. The zero-order valence-corrected chi connectivity index (χ0v) is 15.2. The van der Waals surface area contributed by atoms with E-state index in [0.29, 0.717) is 22.8 Å². The summed E-state index contributed by atoms with van der Waals surface area (Å²) < 4.78 is 11.4. The molecule has 0 radical (unpaired) electrons. The van der Waals surface area contributed by atoms with Crippen molar-refractivity contribution in [3.05, 3.63) is 71.2 Å². The number of rotatable bonds is 5. The third kappa shape index (κ3) is 3.36. The molecule has 0 aliphatic carbocycles. The zero-order chi connectivity index (χ0) is 19.7. The Bertz CT molecular complexity index is 1010. The topological polar surface area (TPSA) is 109 Å². The maximum atomic E-state index is 13.0. The van der Waals surface area contributed by atoms with Crippen molar-refractivity contribution in [1.82, 2.24) is 14.9 Å². The minimum absolute atomic E-state index is 0.126. The number of carbonyl (C=O) groups excluding carboxylic acids is 1. The largest absolute Gasteiger partial charge is 0.486 e. The molecule has 8 heteroatoms. The van der Waals surface area contributed by atoms with Gasteiger partial charge in [-0.15, -0.1) is 0 Å². The average Bonchev–Trinajstić information content (AvgIpc) is 3.31. The number of H-pyrrole nitrogens is 1. The molecule has 4 rings (SSSR count). The Balaban J connectivity index is 1.54. The van der Waals surface area contributed by atoms with Gasteiger partial charge in [0.1, 0.15) is 24.2 Å². The summed E-state index contributed by atoms with van der Waals surface area (Å²) in [5.74, 6) is -0.218. The number of carbonyl (C=O) groups is 2. The fraction of sp³-hybridized carbons (Fsp3) is 0.250. The first-order valence-corrected chi connectivity index (χ1v) is 8.85. The summed E-state index contributed by atoms with van der Waals surface area (Å²) in [7, 11) is 0. The summed E-state index contributed by atoms with van der Waals surface area (Å²) >= 11 is 0. The normalized spacial score (nSPS) is 15.9. The number of aliphatic carboxylic acids is 1. The van der Waals surface area contributed by atoms with Gasteiger partial charge in [-0.05, 0) is 25.1 Å². The van der Waals surface area contributed by atoms with Gasteiger partial charge in [0.25, 0.3) is 5.91 Å². The summed E-state index contributed by atoms with van der Waals surface area (Å²) in [6, 6.07) is 10.0. The molecular weight excluding hydrogens is 362 g/mol. The van der Waals surface area contributed by atoms with E-state index in [-0.39, 0.29) is 25.3 Å². The van der Waals surface area contributed by atoms with Crippen LogP contribution < -0.4 is 4.74 Å². The fourth-order valence-corrected chi connectivity index (χ4v) is 3.30. The van der Waals surface area contributed by atoms with Crippen LogP contribution in [-0.4, -0.2) is 37.9 Å². The van der Waals surface area contributed by atoms with E-state index in [2.05, 4.69) is 9.97 Å². The molecule has 1 amide bonds. The number of nitrogens with zero attached hydrogens (tertiary/aromatic N) is 2.